The number of anilines is 1. The summed E-state index contributed by atoms with van der Waals surface area (Å²) in [6, 6.07) is 17.9. The lowest BCUT2D eigenvalue weighted by Crippen LogP contribution is -2.56. The van der Waals surface area contributed by atoms with Gasteiger partial charge in [0, 0.05) is 30.7 Å². The first-order valence-corrected chi connectivity index (χ1v) is 13.6. The van der Waals surface area contributed by atoms with E-state index in [1.165, 1.54) is 47.1 Å². The Bertz CT molecular complexity index is 1390. The number of piperazine rings is 1. The van der Waals surface area contributed by atoms with Crippen LogP contribution in [-0.4, -0.2) is 61.4 Å². The third-order valence-electron chi connectivity index (χ3n) is 7.97. The highest BCUT2D eigenvalue weighted by molar-refractivity contribution is 5.86. The summed E-state index contributed by atoms with van der Waals surface area (Å²) in [5.41, 5.74) is 4.90. The molecule has 2 aromatic heterocycles. The number of carbonyl (C=O) groups excluding carboxylic acids is 1. The van der Waals surface area contributed by atoms with E-state index in [1.54, 1.807) is 0 Å². The first-order chi connectivity index (χ1) is 18.1. The van der Waals surface area contributed by atoms with E-state index < -0.39 is 0 Å². The number of carbonyl (C=O) groups is 1. The van der Waals surface area contributed by atoms with E-state index in [0.29, 0.717) is 18.4 Å². The van der Waals surface area contributed by atoms with Crippen LogP contribution in [-0.2, 0) is 24.1 Å². The van der Waals surface area contributed by atoms with Gasteiger partial charge in [0.25, 0.3) is 0 Å². The number of nitrogens with zero attached hydrogens (tertiary/aromatic N) is 6. The van der Waals surface area contributed by atoms with Crippen LogP contribution in [0.25, 0.3) is 10.9 Å². The Morgan fingerprint density at radius 3 is 2.62 bits per heavy atom. The zero-order chi connectivity index (χ0) is 25.4. The van der Waals surface area contributed by atoms with Crippen LogP contribution in [0, 0.1) is 6.92 Å². The van der Waals surface area contributed by atoms with Gasteiger partial charge in [0.05, 0.1) is 29.7 Å². The van der Waals surface area contributed by atoms with Crippen molar-refractivity contribution in [2.75, 3.05) is 24.5 Å². The van der Waals surface area contributed by atoms with Gasteiger partial charge in [-0.15, -0.1) is 10.2 Å². The standard InChI is InChI=1S/C29H35N7O/c1-3-26-25-13-12-23(17-27(25)36(33-26)22-10-7-11-22)34-14-15-35(29(37)18-28-30-20(2)31-32-28)24(19-34)16-21-8-5-4-6-9-21/h4-6,8-9,12-13,17,22,24H,3,7,10-11,14-16,18-19H2,1-2H3,(H,30,31,32). The number of aromatic nitrogens is 5. The van der Waals surface area contributed by atoms with Crippen molar-refractivity contribution in [1.29, 1.82) is 0 Å². The third-order valence-corrected chi connectivity index (χ3v) is 7.97. The van der Waals surface area contributed by atoms with Crippen molar-refractivity contribution in [3.05, 3.63) is 71.4 Å². The van der Waals surface area contributed by atoms with Gasteiger partial charge < -0.3 is 14.8 Å². The second-order valence-corrected chi connectivity index (χ2v) is 10.4. The number of hydrogen-bond donors (Lipinski definition) is 1. The van der Waals surface area contributed by atoms with E-state index in [2.05, 4.69) is 74.2 Å². The normalized spacial score (nSPS) is 18.4. The van der Waals surface area contributed by atoms with Crippen molar-refractivity contribution in [3.63, 3.8) is 0 Å². The minimum atomic E-state index is 0.0751. The summed E-state index contributed by atoms with van der Waals surface area (Å²) >= 11 is 0. The van der Waals surface area contributed by atoms with Crippen molar-refractivity contribution < 1.29 is 4.79 Å². The number of aryl methyl sites for hydroxylation is 2. The first-order valence-electron chi connectivity index (χ1n) is 13.6. The van der Waals surface area contributed by atoms with E-state index >= 15 is 0 Å². The molecule has 0 bridgehead atoms. The highest BCUT2D eigenvalue weighted by Crippen LogP contribution is 2.36. The molecule has 6 rings (SSSR count). The average Bonchev–Trinajstić information content (AvgIpc) is 3.46. The molecule has 1 saturated carbocycles. The number of rotatable bonds is 7. The average molecular weight is 498 g/mol. The molecule has 0 spiro atoms. The van der Waals surface area contributed by atoms with Gasteiger partial charge in [0.2, 0.25) is 5.91 Å². The van der Waals surface area contributed by atoms with Crippen molar-refractivity contribution in [1.82, 2.24) is 29.9 Å². The lowest BCUT2D eigenvalue weighted by molar-refractivity contribution is -0.133. The summed E-state index contributed by atoms with van der Waals surface area (Å²) in [6.45, 7) is 6.32. The molecule has 37 heavy (non-hydrogen) atoms. The molecule has 2 fully saturated rings. The van der Waals surface area contributed by atoms with Crippen molar-refractivity contribution in [2.24, 2.45) is 0 Å². The number of benzene rings is 2. The molecule has 2 aromatic carbocycles. The summed E-state index contributed by atoms with van der Waals surface area (Å²) in [5, 5.41) is 14.4. The predicted molar refractivity (Wildman–Crippen MR) is 145 cm³/mol. The lowest BCUT2D eigenvalue weighted by Gasteiger charge is -2.42. The molecule has 8 heteroatoms. The topological polar surface area (TPSA) is 82.9 Å². The Kier molecular flexibility index (Phi) is 6.40. The van der Waals surface area contributed by atoms with E-state index in [4.69, 9.17) is 5.10 Å². The predicted octanol–water partition coefficient (Wildman–Crippen LogP) is 4.25. The number of hydrogen-bond acceptors (Lipinski definition) is 5. The number of nitrogens with one attached hydrogen (secondary N) is 1. The second kappa shape index (κ2) is 10.00. The Hall–Kier alpha value is -3.68. The minimum absolute atomic E-state index is 0.0751. The van der Waals surface area contributed by atoms with Crippen LogP contribution in [0.1, 0.15) is 55.1 Å². The number of aromatic amines is 1. The monoisotopic (exact) mass is 497 g/mol. The summed E-state index contributed by atoms with van der Waals surface area (Å²) < 4.78 is 2.28. The maximum absolute atomic E-state index is 13.4. The molecule has 3 heterocycles. The molecule has 2 aliphatic rings. The molecule has 1 aliphatic heterocycles. The lowest BCUT2D eigenvalue weighted by atomic mass is 9.93. The van der Waals surface area contributed by atoms with Gasteiger partial charge in [-0.2, -0.15) is 5.10 Å². The largest absolute Gasteiger partial charge is 0.368 e. The quantitative estimate of drug-likeness (QED) is 0.413. The van der Waals surface area contributed by atoms with Crippen molar-refractivity contribution in [2.45, 2.75) is 64.5 Å². The summed E-state index contributed by atoms with van der Waals surface area (Å²) in [5.74, 6) is 1.46. The van der Waals surface area contributed by atoms with E-state index in [1.807, 2.05) is 17.9 Å². The molecule has 4 aromatic rings. The van der Waals surface area contributed by atoms with Gasteiger partial charge in [-0.25, -0.2) is 0 Å². The second-order valence-electron chi connectivity index (χ2n) is 10.4. The first kappa shape index (κ1) is 23.7. The fourth-order valence-electron chi connectivity index (χ4n) is 5.76. The van der Waals surface area contributed by atoms with Crippen LogP contribution in [0.3, 0.4) is 0 Å². The molecule has 1 atom stereocenters. The molecule has 0 radical (unpaired) electrons. The number of amides is 1. The Morgan fingerprint density at radius 1 is 1.08 bits per heavy atom. The Balaban J connectivity index is 1.27. The molecule has 1 saturated heterocycles. The summed E-state index contributed by atoms with van der Waals surface area (Å²) in [4.78, 5) is 21.0. The third kappa shape index (κ3) is 4.72. The number of H-pyrrole nitrogens is 1. The minimum Gasteiger partial charge on any atom is -0.368 e. The molecule has 1 aliphatic carbocycles. The molecule has 192 valence electrons. The zero-order valence-electron chi connectivity index (χ0n) is 21.7. The number of fused-ring (bicyclic) bond motifs is 1. The smallest absolute Gasteiger partial charge is 0.230 e. The van der Waals surface area contributed by atoms with Gasteiger partial charge in [0.15, 0.2) is 0 Å². The molecule has 1 unspecified atom stereocenters. The van der Waals surface area contributed by atoms with Crippen LogP contribution in [0.5, 0.6) is 0 Å². The fraction of sp³-hybridized carbons (Fsp3) is 0.448. The maximum Gasteiger partial charge on any atom is 0.230 e. The molecular formula is C29H35N7O. The van der Waals surface area contributed by atoms with Crippen LogP contribution in [0.4, 0.5) is 5.69 Å². The van der Waals surface area contributed by atoms with Crippen LogP contribution >= 0.6 is 0 Å². The van der Waals surface area contributed by atoms with Crippen molar-refractivity contribution in [3.8, 4) is 0 Å². The Labute approximate surface area is 217 Å². The van der Waals surface area contributed by atoms with Crippen LogP contribution in [0.2, 0.25) is 0 Å². The van der Waals surface area contributed by atoms with Gasteiger partial charge in [0.1, 0.15) is 11.6 Å². The highest BCUT2D eigenvalue weighted by Gasteiger charge is 2.32. The van der Waals surface area contributed by atoms with Crippen molar-refractivity contribution >= 4 is 22.5 Å². The van der Waals surface area contributed by atoms with E-state index in [9.17, 15) is 4.79 Å². The SMILES string of the molecule is CCc1nn(C2CCC2)c2cc(N3CCN(C(=O)Cc4nnc(C)[nH]4)C(Cc4ccccc4)C3)ccc12. The highest BCUT2D eigenvalue weighted by atomic mass is 16.2. The maximum atomic E-state index is 13.4. The molecule has 1 amide bonds. The van der Waals surface area contributed by atoms with Gasteiger partial charge in [-0.3, -0.25) is 9.48 Å². The Morgan fingerprint density at radius 2 is 1.92 bits per heavy atom. The van der Waals surface area contributed by atoms with Gasteiger partial charge >= 0.3 is 0 Å². The summed E-state index contributed by atoms with van der Waals surface area (Å²) in [6.07, 6.45) is 5.74. The molecular weight excluding hydrogens is 462 g/mol. The van der Waals surface area contributed by atoms with E-state index in [-0.39, 0.29) is 18.4 Å². The molecule has 8 nitrogen and oxygen atoms in total. The summed E-state index contributed by atoms with van der Waals surface area (Å²) in [7, 11) is 0. The fourth-order valence-corrected chi connectivity index (χ4v) is 5.76. The van der Waals surface area contributed by atoms with Gasteiger partial charge in [-0.05, 0) is 62.8 Å². The van der Waals surface area contributed by atoms with Gasteiger partial charge in [-0.1, -0.05) is 37.3 Å². The molecule has 1 N–H and O–H groups in total. The van der Waals surface area contributed by atoms with Crippen LogP contribution < -0.4 is 4.90 Å². The van der Waals surface area contributed by atoms with E-state index in [0.717, 1.165) is 31.8 Å². The zero-order valence-corrected chi connectivity index (χ0v) is 21.7. The van der Waals surface area contributed by atoms with Crippen LogP contribution in [0.15, 0.2) is 48.5 Å².